The Kier molecular flexibility index (Phi) is 4.52. The van der Waals surface area contributed by atoms with Gasteiger partial charge in [-0.2, -0.15) is 4.31 Å². The maximum Gasteiger partial charge on any atom is 0.246 e. The number of hydrogen-bond donors (Lipinski definition) is 1. The molecule has 6 nitrogen and oxygen atoms in total. The number of hydrogen-bond acceptors (Lipinski definition) is 5. The van der Waals surface area contributed by atoms with Gasteiger partial charge in [0, 0.05) is 19.2 Å². The Hall–Kier alpha value is -1.31. The van der Waals surface area contributed by atoms with Crippen molar-refractivity contribution in [2.24, 2.45) is 0 Å². The average Bonchev–Trinajstić information content (AvgIpc) is 2.46. The quantitative estimate of drug-likeness (QED) is 0.892. The summed E-state index contributed by atoms with van der Waals surface area (Å²) in [4.78, 5) is 0.0634. The fourth-order valence-electron chi connectivity index (χ4n) is 2.26. The zero-order valence-electron chi connectivity index (χ0n) is 11.6. The van der Waals surface area contributed by atoms with Gasteiger partial charge in [-0.05, 0) is 25.0 Å². The van der Waals surface area contributed by atoms with E-state index in [1.165, 1.54) is 24.6 Å². The van der Waals surface area contributed by atoms with Crippen molar-refractivity contribution in [2.75, 3.05) is 27.3 Å². The first-order valence-corrected chi connectivity index (χ1v) is 7.83. The fourth-order valence-corrected chi connectivity index (χ4v) is 3.95. The molecule has 0 radical (unpaired) electrons. The van der Waals surface area contributed by atoms with E-state index in [9.17, 15) is 13.5 Å². The van der Waals surface area contributed by atoms with Crippen molar-refractivity contribution in [2.45, 2.75) is 23.8 Å². The zero-order valence-corrected chi connectivity index (χ0v) is 12.4. The molecule has 0 unspecified atom stereocenters. The number of methoxy groups -OCH3 is 2. The standard InChI is InChI=1S/C13H19NO5S/c1-18-11-5-6-12(19-2)13(8-11)20(16,17)14-7-3-4-10(15)9-14/h5-6,8,10,15H,3-4,7,9H2,1-2H3/t10-/m0/s1. The van der Waals surface area contributed by atoms with Crippen molar-refractivity contribution < 1.29 is 23.0 Å². The van der Waals surface area contributed by atoms with Gasteiger partial charge in [0.25, 0.3) is 0 Å². The van der Waals surface area contributed by atoms with Crippen molar-refractivity contribution in [3.63, 3.8) is 0 Å². The molecule has 0 saturated carbocycles. The van der Waals surface area contributed by atoms with Gasteiger partial charge >= 0.3 is 0 Å². The van der Waals surface area contributed by atoms with Crippen LogP contribution in [0.4, 0.5) is 0 Å². The normalized spacial score (nSPS) is 20.6. The number of ether oxygens (including phenoxy) is 2. The highest BCUT2D eigenvalue weighted by molar-refractivity contribution is 7.89. The molecule has 2 rings (SSSR count). The monoisotopic (exact) mass is 301 g/mol. The molecule has 0 aliphatic carbocycles. The van der Waals surface area contributed by atoms with Crippen LogP contribution in [0.15, 0.2) is 23.1 Å². The third-order valence-corrected chi connectivity index (χ3v) is 5.23. The summed E-state index contributed by atoms with van der Waals surface area (Å²) in [6, 6.07) is 4.64. The Bertz CT molecular complexity index is 572. The summed E-state index contributed by atoms with van der Waals surface area (Å²) in [5, 5.41) is 9.66. The molecular weight excluding hydrogens is 282 g/mol. The molecule has 1 aliphatic heterocycles. The third kappa shape index (κ3) is 2.89. The van der Waals surface area contributed by atoms with Gasteiger partial charge in [0.05, 0.1) is 20.3 Å². The van der Waals surface area contributed by atoms with Crippen molar-refractivity contribution >= 4 is 10.0 Å². The van der Waals surface area contributed by atoms with Crippen LogP contribution in [0.25, 0.3) is 0 Å². The van der Waals surface area contributed by atoms with Gasteiger partial charge in [-0.25, -0.2) is 8.42 Å². The van der Waals surface area contributed by atoms with Crippen molar-refractivity contribution in [1.82, 2.24) is 4.31 Å². The first-order valence-electron chi connectivity index (χ1n) is 6.39. The van der Waals surface area contributed by atoms with E-state index in [4.69, 9.17) is 9.47 Å². The molecule has 1 atom stereocenters. The topological polar surface area (TPSA) is 76.1 Å². The minimum absolute atomic E-state index is 0.0634. The second kappa shape index (κ2) is 5.99. The van der Waals surface area contributed by atoms with Crippen LogP contribution >= 0.6 is 0 Å². The zero-order chi connectivity index (χ0) is 14.8. The molecule has 0 amide bonds. The van der Waals surface area contributed by atoms with Gasteiger partial charge in [-0.15, -0.1) is 0 Å². The van der Waals surface area contributed by atoms with Gasteiger partial charge in [-0.1, -0.05) is 0 Å². The Morgan fingerprint density at radius 1 is 1.30 bits per heavy atom. The lowest BCUT2D eigenvalue weighted by Crippen LogP contribution is -2.42. The molecule has 1 saturated heterocycles. The SMILES string of the molecule is COc1ccc(OC)c(S(=O)(=O)N2CCC[C@H](O)C2)c1. The molecule has 1 aliphatic rings. The molecule has 1 N–H and O–H groups in total. The number of sulfonamides is 1. The number of rotatable bonds is 4. The van der Waals surface area contributed by atoms with E-state index in [2.05, 4.69) is 0 Å². The molecule has 0 bridgehead atoms. The first kappa shape index (κ1) is 15.1. The van der Waals surface area contributed by atoms with E-state index in [-0.39, 0.29) is 17.2 Å². The summed E-state index contributed by atoms with van der Waals surface area (Å²) in [7, 11) is -0.804. The predicted molar refractivity (Wildman–Crippen MR) is 73.5 cm³/mol. The molecule has 1 heterocycles. The molecule has 1 aromatic rings. The number of β-amino-alcohol motifs (C(OH)–C–C–N with tert-alkyl or cyclic N) is 1. The van der Waals surface area contributed by atoms with Crippen molar-refractivity contribution in [3.8, 4) is 11.5 Å². The molecule has 20 heavy (non-hydrogen) atoms. The number of benzene rings is 1. The van der Waals surface area contributed by atoms with E-state index in [1.54, 1.807) is 12.1 Å². The van der Waals surface area contributed by atoms with E-state index in [0.29, 0.717) is 25.1 Å². The largest absolute Gasteiger partial charge is 0.497 e. The van der Waals surface area contributed by atoms with Gasteiger partial charge in [0.2, 0.25) is 10.0 Å². The minimum Gasteiger partial charge on any atom is -0.497 e. The average molecular weight is 301 g/mol. The highest BCUT2D eigenvalue weighted by atomic mass is 32.2. The Morgan fingerprint density at radius 2 is 2.05 bits per heavy atom. The minimum atomic E-state index is -3.70. The van der Waals surface area contributed by atoms with Crippen LogP contribution < -0.4 is 9.47 Å². The molecule has 112 valence electrons. The Morgan fingerprint density at radius 3 is 2.65 bits per heavy atom. The van der Waals surface area contributed by atoms with Crippen LogP contribution in [0.2, 0.25) is 0 Å². The predicted octanol–water partition coefficient (Wildman–Crippen LogP) is 0.849. The van der Waals surface area contributed by atoms with Gasteiger partial charge < -0.3 is 14.6 Å². The summed E-state index contributed by atoms with van der Waals surface area (Å²) < 4.78 is 36.8. The van der Waals surface area contributed by atoms with Gasteiger partial charge in [0.1, 0.15) is 16.4 Å². The summed E-state index contributed by atoms with van der Waals surface area (Å²) in [6.45, 7) is 0.516. The summed E-state index contributed by atoms with van der Waals surface area (Å²) in [5.74, 6) is 0.716. The number of nitrogens with zero attached hydrogens (tertiary/aromatic N) is 1. The van der Waals surface area contributed by atoms with Crippen LogP contribution in [0.3, 0.4) is 0 Å². The highest BCUT2D eigenvalue weighted by Crippen LogP contribution is 2.31. The Labute approximate surface area is 119 Å². The summed E-state index contributed by atoms with van der Waals surface area (Å²) in [5.41, 5.74) is 0. The highest BCUT2D eigenvalue weighted by Gasteiger charge is 2.32. The lowest BCUT2D eigenvalue weighted by molar-refractivity contribution is 0.108. The number of aliphatic hydroxyl groups is 1. The number of piperidine rings is 1. The molecule has 1 fully saturated rings. The molecule has 7 heteroatoms. The number of aliphatic hydroxyl groups excluding tert-OH is 1. The molecule has 0 spiro atoms. The van der Waals surface area contributed by atoms with Crippen LogP contribution in [0.5, 0.6) is 11.5 Å². The van der Waals surface area contributed by atoms with E-state index in [1.807, 2.05) is 0 Å². The molecule has 1 aromatic carbocycles. The maximum absolute atomic E-state index is 12.7. The third-order valence-electron chi connectivity index (χ3n) is 3.35. The lowest BCUT2D eigenvalue weighted by Gasteiger charge is -2.29. The second-order valence-electron chi connectivity index (χ2n) is 4.68. The van der Waals surface area contributed by atoms with Gasteiger partial charge in [-0.3, -0.25) is 0 Å². The smallest absolute Gasteiger partial charge is 0.246 e. The first-order chi connectivity index (χ1) is 9.48. The Balaban J connectivity index is 2.42. The van der Waals surface area contributed by atoms with E-state index < -0.39 is 16.1 Å². The molecule has 0 aromatic heterocycles. The maximum atomic E-state index is 12.7. The summed E-state index contributed by atoms with van der Waals surface area (Å²) in [6.07, 6.45) is 0.656. The van der Waals surface area contributed by atoms with Crippen molar-refractivity contribution in [1.29, 1.82) is 0 Å². The van der Waals surface area contributed by atoms with Crippen molar-refractivity contribution in [3.05, 3.63) is 18.2 Å². The van der Waals surface area contributed by atoms with E-state index in [0.717, 1.165) is 0 Å². The van der Waals surface area contributed by atoms with Gasteiger partial charge in [0.15, 0.2) is 0 Å². The molecular formula is C13H19NO5S. The second-order valence-corrected chi connectivity index (χ2v) is 6.58. The summed E-state index contributed by atoms with van der Waals surface area (Å²) >= 11 is 0. The van der Waals surface area contributed by atoms with Crippen LogP contribution in [-0.2, 0) is 10.0 Å². The van der Waals surface area contributed by atoms with Crippen LogP contribution in [-0.4, -0.2) is 51.2 Å². The fraction of sp³-hybridized carbons (Fsp3) is 0.538. The van der Waals surface area contributed by atoms with Crippen LogP contribution in [0.1, 0.15) is 12.8 Å². The lowest BCUT2D eigenvalue weighted by atomic mass is 10.1. The van der Waals surface area contributed by atoms with E-state index >= 15 is 0 Å². The van der Waals surface area contributed by atoms with Crippen LogP contribution in [0, 0.1) is 0 Å².